The van der Waals surface area contributed by atoms with E-state index in [1.165, 1.54) is 4.31 Å². The van der Waals surface area contributed by atoms with E-state index in [0.29, 0.717) is 10.8 Å². The number of anilines is 1. The molecule has 6 heteroatoms. The van der Waals surface area contributed by atoms with Gasteiger partial charge in [0, 0.05) is 10.7 Å². The lowest BCUT2D eigenvalue weighted by Crippen LogP contribution is -2.34. The van der Waals surface area contributed by atoms with Crippen LogP contribution in [-0.4, -0.2) is 18.8 Å². The molecule has 0 saturated carbocycles. The molecule has 1 atom stereocenters. The molecule has 1 heterocycles. The van der Waals surface area contributed by atoms with Crippen LogP contribution in [-0.2, 0) is 10.0 Å². The number of fused-ring (bicyclic) bond motifs is 1. The van der Waals surface area contributed by atoms with Crippen molar-refractivity contribution >= 4 is 33.4 Å². The Morgan fingerprint density at radius 3 is 2.26 bits per heavy atom. The summed E-state index contributed by atoms with van der Waals surface area (Å²) in [5, 5.41) is 0.617. The van der Waals surface area contributed by atoms with Gasteiger partial charge >= 0.3 is 0 Å². The van der Waals surface area contributed by atoms with Crippen molar-refractivity contribution in [3.05, 3.63) is 137 Å². The molecule has 170 valence electrons. The molecule has 1 unspecified atom stereocenters. The second-order valence-corrected chi connectivity index (χ2v) is 10.4. The number of halogens is 1. The number of aryl methyl sites for hydroxylation is 1. The SMILES string of the molecule is Cc1ccc(S(=O)(=O)N2/C(=C/c3ccccc3)N(c3ccc(Cl)cc3)C3=CC=CC=CC32)cc1. The lowest BCUT2D eigenvalue weighted by atomic mass is 10.2. The van der Waals surface area contributed by atoms with Gasteiger partial charge in [0.15, 0.2) is 0 Å². The highest BCUT2D eigenvalue weighted by molar-refractivity contribution is 7.89. The molecule has 0 amide bonds. The molecule has 1 aliphatic carbocycles. The largest absolute Gasteiger partial charge is 0.297 e. The summed E-state index contributed by atoms with van der Waals surface area (Å²) in [6.07, 6.45) is 11.5. The average molecular weight is 487 g/mol. The normalized spacial score (nSPS) is 18.7. The maximum absolute atomic E-state index is 14.1. The Kier molecular flexibility index (Phi) is 5.90. The van der Waals surface area contributed by atoms with Crippen LogP contribution in [0.4, 0.5) is 5.69 Å². The average Bonchev–Trinajstić information content (AvgIpc) is 2.96. The van der Waals surface area contributed by atoms with E-state index in [0.717, 1.165) is 22.5 Å². The molecular weight excluding hydrogens is 464 g/mol. The van der Waals surface area contributed by atoms with Crippen LogP contribution in [0, 0.1) is 6.92 Å². The van der Waals surface area contributed by atoms with E-state index in [-0.39, 0.29) is 4.90 Å². The number of hydrogen-bond donors (Lipinski definition) is 0. The van der Waals surface area contributed by atoms with E-state index in [4.69, 9.17) is 11.6 Å². The lowest BCUT2D eigenvalue weighted by molar-refractivity contribution is 0.486. The Bertz CT molecular complexity index is 1420. The zero-order valence-electron chi connectivity index (χ0n) is 18.5. The van der Waals surface area contributed by atoms with Crippen LogP contribution in [0.15, 0.2) is 126 Å². The van der Waals surface area contributed by atoms with Crippen molar-refractivity contribution in [3.63, 3.8) is 0 Å². The Balaban J connectivity index is 1.76. The van der Waals surface area contributed by atoms with E-state index in [9.17, 15) is 8.42 Å². The molecule has 3 aromatic carbocycles. The third-order valence-corrected chi connectivity index (χ3v) is 7.86. The van der Waals surface area contributed by atoms with E-state index < -0.39 is 16.1 Å². The van der Waals surface area contributed by atoms with E-state index in [2.05, 4.69) is 0 Å². The summed E-state index contributed by atoms with van der Waals surface area (Å²) in [5.74, 6) is 0.547. The maximum atomic E-state index is 14.1. The van der Waals surface area contributed by atoms with Crippen molar-refractivity contribution in [1.82, 2.24) is 4.31 Å². The van der Waals surface area contributed by atoms with Crippen LogP contribution in [0.5, 0.6) is 0 Å². The topological polar surface area (TPSA) is 40.6 Å². The first kappa shape index (κ1) is 22.3. The van der Waals surface area contributed by atoms with Gasteiger partial charge < -0.3 is 0 Å². The molecule has 2 aliphatic rings. The highest BCUT2D eigenvalue weighted by Gasteiger charge is 2.45. The summed E-state index contributed by atoms with van der Waals surface area (Å²) in [6.45, 7) is 1.94. The van der Waals surface area contributed by atoms with Gasteiger partial charge in [0.05, 0.1) is 10.6 Å². The van der Waals surface area contributed by atoms with Gasteiger partial charge in [0.25, 0.3) is 10.0 Å². The van der Waals surface area contributed by atoms with Crippen molar-refractivity contribution in [2.45, 2.75) is 17.9 Å². The molecule has 0 radical (unpaired) electrons. The van der Waals surface area contributed by atoms with Crippen molar-refractivity contribution in [1.29, 1.82) is 0 Å². The third-order valence-electron chi connectivity index (χ3n) is 5.81. The molecule has 3 aromatic rings. The van der Waals surface area contributed by atoms with Crippen LogP contribution in [0.1, 0.15) is 11.1 Å². The first-order chi connectivity index (χ1) is 16.4. The molecule has 34 heavy (non-hydrogen) atoms. The van der Waals surface area contributed by atoms with Crippen molar-refractivity contribution in [2.75, 3.05) is 4.90 Å². The van der Waals surface area contributed by atoms with Gasteiger partial charge in [-0.25, -0.2) is 12.7 Å². The summed E-state index contributed by atoms with van der Waals surface area (Å²) in [7, 11) is -3.88. The van der Waals surface area contributed by atoms with Gasteiger partial charge in [-0.1, -0.05) is 83.9 Å². The highest BCUT2D eigenvalue weighted by Crippen LogP contribution is 2.43. The third kappa shape index (κ3) is 4.09. The van der Waals surface area contributed by atoms with Gasteiger partial charge in [-0.3, -0.25) is 4.90 Å². The standard InChI is InChI=1S/C28H23ClN2O2S/c1-21-12-18-25(19-13-21)34(32,33)31-27-11-7-3-6-10-26(27)30(24-16-14-23(29)15-17-24)28(31)20-22-8-4-2-5-9-22/h2-20,27H,1H3/b28-20+. The van der Waals surface area contributed by atoms with Crippen LogP contribution >= 0.6 is 11.6 Å². The number of allylic oxidation sites excluding steroid dienone is 4. The molecule has 1 fully saturated rings. The molecule has 5 rings (SSSR count). The van der Waals surface area contributed by atoms with Gasteiger partial charge in [0.1, 0.15) is 11.9 Å². The van der Waals surface area contributed by atoms with Gasteiger partial charge in [-0.15, -0.1) is 0 Å². The molecule has 0 N–H and O–H groups in total. The monoisotopic (exact) mass is 486 g/mol. The van der Waals surface area contributed by atoms with Gasteiger partial charge in [0.2, 0.25) is 0 Å². The zero-order valence-corrected chi connectivity index (χ0v) is 20.1. The second kappa shape index (κ2) is 9.01. The van der Waals surface area contributed by atoms with Crippen molar-refractivity contribution in [3.8, 4) is 0 Å². The summed E-state index contributed by atoms with van der Waals surface area (Å²) < 4.78 is 29.7. The van der Waals surface area contributed by atoms with E-state index >= 15 is 0 Å². The van der Waals surface area contributed by atoms with Crippen LogP contribution in [0.25, 0.3) is 6.08 Å². The van der Waals surface area contributed by atoms with Crippen molar-refractivity contribution < 1.29 is 8.42 Å². The number of benzene rings is 3. The number of rotatable bonds is 4. The summed E-state index contributed by atoms with van der Waals surface area (Å²) in [5.41, 5.74) is 3.57. The minimum Gasteiger partial charge on any atom is -0.297 e. The van der Waals surface area contributed by atoms with E-state index in [1.807, 2.05) is 115 Å². The zero-order chi connectivity index (χ0) is 23.7. The molecule has 0 aromatic heterocycles. The highest BCUT2D eigenvalue weighted by atomic mass is 35.5. The van der Waals surface area contributed by atoms with Crippen LogP contribution in [0.2, 0.25) is 5.02 Å². The predicted molar refractivity (Wildman–Crippen MR) is 139 cm³/mol. The summed E-state index contributed by atoms with van der Waals surface area (Å²) >= 11 is 6.17. The minimum absolute atomic E-state index is 0.250. The number of nitrogens with zero attached hydrogens (tertiary/aromatic N) is 2. The predicted octanol–water partition coefficient (Wildman–Crippen LogP) is 6.54. The first-order valence-electron chi connectivity index (χ1n) is 10.9. The molecule has 1 aliphatic heterocycles. The fraction of sp³-hybridized carbons (Fsp3) is 0.0714. The smallest absolute Gasteiger partial charge is 0.266 e. The minimum atomic E-state index is -3.88. The first-order valence-corrected chi connectivity index (χ1v) is 12.8. The lowest BCUT2D eigenvalue weighted by Gasteiger charge is -2.26. The van der Waals surface area contributed by atoms with E-state index in [1.54, 1.807) is 12.1 Å². The molecule has 1 saturated heterocycles. The second-order valence-electron chi connectivity index (χ2n) is 8.15. The van der Waals surface area contributed by atoms with Gasteiger partial charge in [-0.05, 0) is 61.0 Å². The quantitative estimate of drug-likeness (QED) is 0.420. The van der Waals surface area contributed by atoms with Crippen LogP contribution < -0.4 is 4.90 Å². The van der Waals surface area contributed by atoms with Crippen molar-refractivity contribution in [2.24, 2.45) is 0 Å². The number of sulfonamides is 1. The fourth-order valence-electron chi connectivity index (χ4n) is 4.16. The Hall–Kier alpha value is -3.54. The summed E-state index contributed by atoms with van der Waals surface area (Å²) in [4.78, 5) is 2.24. The van der Waals surface area contributed by atoms with Gasteiger partial charge in [-0.2, -0.15) is 0 Å². The molecule has 0 bridgehead atoms. The maximum Gasteiger partial charge on any atom is 0.266 e. The molecule has 4 nitrogen and oxygen atoms in total. The number of hydrogen-bond acceptors (Lipinski definition) is 3. The molecule has 0 spiro atoms. The summed E-state index contributed by atoms with van der Waals surface area (Å²) in [6, 6.07) is 23.6. The molecular formula is C28H23ClN2O2S. The Morgan fingerprint density at radius 1 is 0.853 bits per heavy atom. The van der Waals surface area contributed by atoms with Crippen LogP contribution in [0.3, 0.4) is 0 Å². The fourth-order valence-corrected chi connectivity index (χ4v) is 5.85. The Morgan fingerprint density at radius 2 is 1.56 bits per heavy atom. The Labute approximate surface area is 205 Å².